The number of carbonyl (C=O) groups excluding carboxylic acids is 1. The number of Topliss-reactive ketones (excluding diaryl/α,β-unsaturated/α-hetero) is 1. The topological polar surface area (TPSA) is 96.7 Å². The molecule has 4 N–H and O–H groups in total. The number of hydrogen-bond acceptors (Lipinski definition) is 3. The van der Waals surface area contributed by atoms with E-state index in [1.54, 1.807) is 0 Å². The molecule has 5 heteroatoms. The summed E-state index contributed by atoms with van der Waals surface area (Å²) in [7, 11) is 0. The molecule has 0 aromatic rings. The Labute approximate surface area is 103 Å². The number of hydrogen-bond donors (Lipinski definition) is 1. The second kappa shape index (κ2) is 9.10. The van der Waals surface area contributed by atoms with Crippen LogP contribution in [0.3, 0.4) is 0 Å². The quantitative estimate of drug-likeness (QED) is 0.565. The zero-order chi connectivity index (χ0) is 11.8. The fourth-order valence-corrected chi connectivity index (χ4v) is 2.25. The Hall–Kier alpha value is -0.970. The minimum absolute atomic E-state index is 0. The molecule has 1 aliphatic carbocycles. The van der Waals surface area contributed by atoms with Crippen molar-refractivity contribution in [3.8, 4) is 0 Å². The summed E-state index contributed by atoms with van der Waals surface area (Å²) in [5.74, 6) is -0.162. The van der Waals surface area contributed by atoms with Crippen molar-refractivity contribution < 1.29 is 9.72 Å². The van der Waals surface area contributed by atoms with Crippen molar-refractivity contribution in [2.24, 2.45) is 0 Å². The fourth-order valence-electron chi connectivity index (χ4n) is 2.25. The molecule has 1 rings (SSSR count). The Balaban J connectivity index is 0.00000256. The van der Waals surface area contributed by atoms with E-state index in [0.717, 1.165) is 38.5 Å². The zero-order valence-electron chi connectivity index (χ0n) is 10.8. The molecule has 0 bridgehead atoms. The lowest BCUT2D eigenvalue weighted by Crippen LogP contribution is -2.29. The third kappa shape index (κ3) is 6.36. The Morgan fingerprint density at radius 3 is 1.94 bits per heavy atom. The van der Waals surface area contributed by atoms with Gasteiger partial charge < -0.3 is 6.15 Å². The first kappa shape index (κ1) is 16.0. The van der Waals surface area contributed by atoms with Crippen molar-refractivity contribution in [1.82, 2.24) is 6.15 Å². The number of nitro groups is 1. The number of carbonyl (C=O) groups is 1. The summed E-state index contributed by atoms with van der Waals surface area (Å²) in [6.07, 6.45) is 9.32. The molecular weight excluding hydrogens is 220 g/mol. The lowest BCUT2D eigenvalue weighted by Gasteiger charge is -2.10. The maximum atomic E-state index is 11.6. The zero-order valence-corrected chi connectivity index (χ0v) is 10.8. The van der Waals surface area contributed by atoms with Crippen LogP contribution in [0.25, 0.3) is 0 Å². The van der Waals surface area contributed by atoms with E-state index in [9.17, 15) is 14.9 Å². The van der Waals surface area contributed by atoms with Crippen LogP contribution in [-0.4, -0.2) is 16.7 Å². The monoisotopic (exact) mass is 245 g/mol. The number of rotatable bonds is 1. The first-order valence-corrected chi connectivity index (χ1v) is 6.38. The third-order valence-corrected chi connectivity index (χ3v) is 3.28. The predicted molar refractivity (Wildman–Crippen MR) is 67.9 cm³/mol. The molecule has 1 fully saturated rings. The van der Waals surface area contributed by atoms with Crippen LogP contribution in [0.5, 0.6) is 0 Å². The molecule has 1 atom stereocenters. The molecule has 0 aromatic heterocycles. The Morgan fingerprint density at radius 1 is 0.941 bits per heavy atom. The molecular formula is C12H25N2O3+. The van der Waals surface area contributed by atoms with E-state index < -0.39 is 11.0 Å². The average Bonchev–Trinajstić information content (AvgIpc) is 2.22. The standard InChI is InChI=1S/C12H21NO3.H3N/c14-12-10-8-6-4-2-1-3-5-7-9-11(12)13(15)16;/h11H,1-10H2;1H3/p+1. The lowest BCUT2D eigenvalue weighted by molar-refractivity contribution is -0.508. The number of quaternary nitrogens is 1. The van der Waals surface area contributed by atoms with Crippen molar-refractivity contribution in [2.75, 3.05) is 0 Å². The molecule has 0 radical (unpaired) electrons. The summed E-state index contributed by atoms with van der Waals surface area (Å²) in [5.41, 5.74) is 0. The largest absolute Gasteiger partial charge is 0.369 e. The van der Waals surface area contributed by atoms with Crippen molar-refractivity contribution in [3.63, 3.8) is 0 Å². The van der Waals surface area contributed by atoms with Crippen LogP contribution >= 0.6 is 0 Å². The molecule has 1 saturated carbocycles. The van der Waals surface area contributed by atoms with Gasteiger partial charge in [-0.15, -0.1) is 0 Å². The third-order valence-electron chi connectivity index (χ3n) is 3.28. The van der Waals surface area contributed by atoms with Gasteiger partial charge >= 0.3 is 0 Å². The molecule has 1 unspecified atom stereocenters. The summed E-state index contributed by atoms with van der Waals surface area (Å²) in [4.78, 5) is 22.0. The SMILES string of the molecule is O=C1CCCCCCCCCCC1[N+](=O)[O-].[NH4+]. The summed E-state index contributed by atoms with van der Waals surface area (Å²) in [5, 5.41) is 10.8. The molecule has 0 heterocycles. The summed E-state index contributed by atoms with van der Waals surface area (Å²) in [6.45, 7) is 0. The minimum Gasteiger partial charge on any atom is -0.369 e. The molecule has 5 nitrogen and oxygen atoms in total. The van der Waals surface area contributed by atoms with Gasteiger partial charge in [0.05, 0.1) is 0 Å². The van der Waals surface area contributed by atoms with Gasteiger partial charge in [0.25, 0.3) is 6.04 Å². The highest BCUT2D eigenvalue weighted by Crippen LogP contribution is 2.16. The van der Waals surface area contributed by atoms with E-state index in [-0.39, 0.29) is 11.9 Å². The van der Waals surface area contributed by atoms with Crippen molar-refractivity contribution >= 4 is 5.78 Å². The molecule has 0 saturated heterocycles. The molecule has 0 aliphatic heterocycles. The molecule has 1 aliphatic rings. The van der Waals surface area contributed by atoms with Crippen LogP contribution < -0.4 is 6.15 Å². The number of nitrogens with zero attached hydrogens (tertiary/aromatic N) is 1. The van der Waals surface area contributed by atoms with E-state index in [1.165, 1.54) is 12.8 Å². The van der Waals surface area contributed by atoms with Crippen LogP contribution in [0.4, 0.5) is 0 Å². The second-order valence-electron chi connectivity index (χ2n) is 4.63. The highest BCUT2D eigenvalue weighted by Gasteiger charge is 2.27. The van der Waals surface area contributed by atoms with Crippen LogP contribution in [0.2, 0.25) is 0 Å². The smallest absolute Gasteiger partial charge is 0.270 e. The first-order valence-electron chi connectivity index (χ1n) is 6.38. The number of ketones is 1. The van der Waals surface area contributed by atoms with Crippen molar-refractivity contribution in [2.45, 2.75) is 70.3 Å². The van der Waals surface area contributed by atoms with Gasteiger partial charge in [0, 0.05) is 17.8 Å². The highest BCUT2D eigenvalue weighted by atomic mass is 16.6. The van der Waals surface area contributed by atoms with Crippen LogP contribution in [0.1, 0.15) is 64.2 Å². The van der Waals surface area contributed by atoms with Gasteiger partial charge in [-0.1, -0.05) is 38.5 Å². The van der Waals surface area contributed by atoms with Gasteiger partial charge in [0.2, 0.25) is 5.78 Å². The molecule has 17 heavy (non-hydrogen) atoms. The van der Waals surface area contributed by atoms with E-state index >= 15 is 0 Å². The van der Waals surface area contributed by atoms with E-state index in [2.05, 4.69) is 0 Å². The van der Waals surface area contributed by atoms with Crippen molar-refractivity contribution in [1.29, 1.82) is 0 Å². The van der Waals surface area contributed by atoms with Gasteiger partial charge in [0.1, 0.15) is 0 Å². The van der Waals surface area contributed by atoms with Crippen LogP contribution in [0, 0.1) is 10.1 Å². The fraction of sp³-hybridized carbons (Fsp3) is 0.917. The molecule has 0 amide bonds. The van der Waals surface area contributed by atoms with Gasteiger partial charge in [-0.05, 0) is 12.8 Å². The van der Waals surface area contributed by atoms with Crippen LogP contribution in [-0.2, 0) is 4.79 Å². The average molecular weight is 245 g/mol. The summed E-state index contributed by atoms with van der Waals surface area (Å²) >= 11 is 0. The lowest BCUT2D eigenvalue weighted by atomic mass is 9.97. The molecule has 100 valence electrons. The van der Waals surface area contributed by atoms with Crippen LogP contribution in [0.15, 0.2) is 0 Å². The van der Waals surface area contributed by atoms with Gasteiger partial charge in [-0.25, -0.2) is 0 Å². The Bertz CT molecular complexity index is 244. The maximum absolute atomic E-state index is 11.6. The highest BCUT2D eigenvalue weighted by molar-refractivity contribution is 5.82. The van der Waals surface area contributed by atoms with E-state index in [1.807, 2.05) is 0 Å². The Morgan fingerprint density at radius 2 is 1.41 bits per heavy atom. The van der Waals surface area contributed by atoms with Gasteiger partial charge in [-0.2, -0.15) is 0 Å². The normalized spacial score (nSPS) is 24.0. The molecule has 0 spiro atoms. The van der Waals surface area contributed by atoms with Gasteiger partial charge in [0.15, 0.2) is 0 Å². The van der Waals surface area contributed by atoms with Crippen molar-refractivity contribution in [3.05, 3.63) is 10.1 Å². The molecule has 0 aromatic carbocycles. The Kier molecular flexibility index (Phi) is 8.58. The second-order valence-corrected chi connectivity index (χ2v) is 4.63. The maximum Gasteiger partial charge on any atom is 0.270 e. The van der Waals surface area contributed by atoms with E-state index in [0.29, 0.717) is 12.8 Å². The van der Waals surface area contributed by atoms with E-state index in [4.69, 9.17) is 0 Å². The summed E-state index contributed by atoms with van der Waals surface area (Å²) in [6, 6.07) is -0.931. The first-order chi connectivity index (χ1) is 7.72. The summed E-state index contributed by atoms with van der Waals surface area (Å²) < 4.78 is 0. The van der Waals surface area contributed by atoms with Gasteiger partial charge in [-0.3, -0.25) is 14.9 Å². The predicted octanol–water partition coefficient (Wildman–Crippen LogP) is 3.49. The minimum atomic E-state index is -0.931.